The Morgan fingerprint density at radius 1 is 1.39 bits per heavy atom. The predicted molar refractivity (Wildman–Crippen MR) is 66.0 cm³/mol. The first-order valence-electron chi connectivity index (χ1n) is 5.71. The molecule has 4 nitrogen and oxygen atoms in total. The number of alkyl halides is 1. The quantitative estimate of drug-likeness (QED) is 0.748. The largest absolute Gasteiger partial charge is 0.464 e. The van der Waals surface area contributed by atoms with E-state index in [0.29, 0.717) is 11.1 Å². The molecule has 1 aromatic heterocycles. The monoisotopic (exact) mass is 253 g/mol. The summed E-state index contributed by atoms with van der Waals surface area (Å²) < 4.78 is 20.0. The summed E-state index contributed by atoms with van der Waals surface area (Å²) in [5, 5.41) is 22.0. The fourth-order valence-electron chi connectivity index (χ4n) is 2.09. The van der Waals surface area contributed by atoms with E-state index in [9.17, 15) is 14.6 Å². The highest BCUT2D eigenvalue weighted by Gasteiger charge is 2.39. The maximum Gasteiger partial charge on any atom is 0.176 e. The van der Waals surface area contributed by atoms with E-state index in [1.54, 1.807) is 31.3 Å². The number of nitrogens with one attached hydrogen (secondary N) is 1. The van der Waals surface area contributed by atoms with Crippen LogP contribution in [-0.4, -0.2) is 36.5 Å². The molecule has 1 aromatic carbocycles. The van der Waals surface area contributed by atoms with Gasteiger partial charge in [-0.15, -0.1) is 0 Å². The second-order valence-corrected chi connectivity index (χ2v) is 4.22. The molecule has 2 unspecified atom stereocenters. The van der Waals surface area contributed by atoms with Crippen molar-refractivity contribution in [2.24, 2.45) is 0 Å². The Morgan fingerprint density at radius 2 is 2.17 bits per heavy atom. The topological polar surface area (TPSA) is 65.6 Å². The molecule has 0 bridgehead atoms. The van der Waals surface area contributed by atoms with Crippen molar-refractivity contribution in [2.75, 3.05) is 20.3 Å². The highest BCUT2D eigenvalue weighted by Crippen LogP contribution is 2.32. The third kappa shape index (κ3) is 2.01. The Kier molecular flexibility index (Phi) is 3.65. The van der Waals surface area contributed by atoms with Crippen molar-refractivity contribution in [1.29, 1.82) is 0 Å². The van der Waals surface area contributed by atoms with Gasteiger partial charge in [-0.1, -0.05) is 6.07 Å². The number of likely N-dealkylation sites (N-methyl/N-ethyl adjacent to an activating group) is 1. The van der Waals surface area contributed by atoms with Gasteiger partial charge in [-0.05, 0) is 30.8 Å². The molecule has 0 saturated carbocycles. The minimum atomic E-state index is -2.03. The zero-order valence-electron chi connectivity index (χ0n) is 10.1. The predicted octanol–water partition coefficient (Wildman–Crippen LogP) is 1.17. The first-order chi connectivity index (χ1) is 8.65. The number of benzene rings is 1. The van der Waals surface area contributed by atoms with Gasteiger partial charge in [-0.2, -0.15) is 0 Å². The Morgan fingerprint density at radius 3 is 2.78 bits per heavy atom. The van der Waals surface area contributed by atoms with Crippen molar-refractivity contribution in [3.8, 4) is 0 Å². The SMILES string of the molecule is CNC(CO)C(F)(CO)c1ccc2occc2c1. The van der Waals surface area contributed by atoms with Gasteiger partial charge < -0.3 is 19.9 Å². The van der Waals surface area contributed by atoms with Crippen molar-refractivity contribution >= 4 is 11.0 Å². The number of fused-ring (bicyclic) bond motifs is 1. The summed E-state index contributed by atoms with van der Waals surface area (Å²) >= 11 is 0. The number of hydrogen-bond acceptors (Lipinski definition) is 4. The van der Waals surface area contributed by atoms with Gasteiger partial charge in [0, 0.05) is 5.39 Å². The van der Waals surface area contributed by atoms with Crippen LogP contribution in [0, 0.1) is 0 Å². The number of halogens is 1. The molecule has 0 spiro atoms. The molecular weight excluding hydrogens is 237 g/mol. The van der Waals surface area contributed by atoms with Gasteiger partial charge >= 0.3 is 0 Å². The van der Waals surface area contributed by atoms with Crippen LogP contribution >= 0.6 is 0 Å². The molecule has 98 valence electrons. The molecular formula is C13H16FNO3. The molecule has 0 aliphatic carbocycles. The smallest absolute Gasteiger partial charge is 0.176 e. The highest BCUT2D eigenvalue weighted by molar-refractivity contribution is 5.78. The highest BCUT2D eigenvalue weighted by atomic mass is 19.1. The lowest BCUT2D eigenvalue weighted by Crippen LogP contribution is -2.49. The number of rotatable bonds is 5. The van der Waals surface area contributed by atoms with Crippen LogP contribution in [0.2, 0.25) is 0 Å². The second kappa shape index (κ2) is 5.06. The lowest BCUT2D eigenvalue weighted by atomic mass is 9.88. The van der Waals surface area contributed by atoms with Crippen LogP contribution in [0.1, 0.15) is 5.56 Å². The average Bonchev–Trinajstić information content (AvgIpc) is 2.86. The van der Waals surface area contributed by atoms with E-state index in [-0.39, 0.29) is 0 Å². The van der Waals surface area contributed by atoms with E-state index in [1.807, 2.05) is 0 Å². The van der Waals surface area contributed by atoms with Crippen molar-refractivity contribution in [2.45, 2.75) is 11.7 Å². The maximum atomic E-state index is 14.8. The normalized spacial score (nSPS) is 16.7. The van der Waals surface area contributed by atoms with Gasteiger partial charge in [0.2, 0.25) is 0 Å². The molecule has 0 aliphatic rings. The zero-order valence-corrected chi connectivity index (χ0v) is 10.1. The standard InChI is InChI=1S/C13H16FNO3/c1-15-12(7-16)13(14,8-17)10-2-3-11-9(6-10)4-5-18-11/h2-6,12,15-17H,7-8H2,1H3. The summed E-state index contributed by atoms with van der Waals surface area (Å²) in [6.45, 7) is -1.11. The maximum absolute atomic E-state index is 14.8. The summed E-state index contributed by atoms with van der Waals surface area (Å²) in [6, 6.07) is 5.69. The molecule has 2 rings (SSSR count). The van der Waals surface area contributed by atoms with Gasteiger partial charge in [-0.3, -0.25) is 0 Å². The van der Waals surface area contributed by atoms with Crippen LogP contribution in [0.25, 0.3) is 11.0 Å². The minimum absolute atomic E-state index is 0.312. The van der Waals surface area contributed by atoms with Gasteiger partial charge in [0.15, 0.2) is 5.67 Å². The molecule has 5 heteroatoms. The van der Waals surface area contributed by atoms with Crippen LogP contribution in [0.3, 0.4) is 0 Å². The average molecular weight is 253 g/mol. The van der Waals surface area contributed by atoms with Gasteiger partial charge in [0.25, 0.3) is 0 Å². The van der Waals surface area contributed by atoms with Crippen LogP contribution in [0.5, 0.6) is 0 Å². The first kappa shape index (κ1) is 13.0. The van der Waals surface area contributed by atoms with Crippen LogP contribution in [0.15, 0.2) is 34.9 Å². The molecule has 2 aromatic rings. The number of aliphatic hydroxyl groups is 2. The summed E-state index contributed by atoms with van der Waals surface area (Å²) in [6.07, 6.45) is 1.52. The van der Waals surface area contributed by atoms with E-state index in [2.05, 4.69) is 5.32 Å². The number of hydrogen-bond donors (Lipinski definition) is 3. The summed E-state index contributed by atoms with van der Waals surface area (Å²) in [5.74, 6) is 0. The number of aliphatic hydroxyl groups excluding tert-OH is 2. The van der Waals surface area contributed by atoms with E-state index in [4.69, 9.17) is 4.42 Å². The molecule has 0 fully saturated rings. The minimum Gasteiger partial charge on any atom is -0.464 e. The summed E-state index contributed by atoms with van der Waals surface area (Å²) in [4.78, 5) is 0. The molecule has 1 heterocycles. The Hall–Kier alpha value is -1.43. The van der Waals surface area contributed by atoms with Crippen molar-refractivity contribution in [3.63, 3.8) is 0 Å². The van der Waals surface area contributed by atoms with Gasteiger partial charge in [0.1, 0.15) is 5.58 Å². The lowest BCUT2D eigenvalue weighted by molar-refractivity contribution is 0.0122. The second-order valence-electron chi connectivity index (χ2n) is 4.22. The third-order valence-corrected chi connectivity index (χ3v) is 3.25. The van der Waals surface area contributed by atoms with Crippen molar-refractivity contribution < 1.29 is 19.0 Å². The zero-order chi connectivity index (χ0) is 13.2. The van der Waals surface area contributed by atoms with E-state index < -0.39 is 24.9 Å². The fourth-order valence-corrected chi connectivity index (χ4v) is 2.09. The molecule has 2 atom stereocenters. The lowest BCUT2D eigenvalue weighted by Gasteiger charge is -2.31. The third-order valence-electron chi connectivity index (χ3n) is 3.25. The Balaban J connectivity index is 2.47. The molecule has 0 amide bonds. The Bertz CT molecular complexity index is 524. The van der Waals surface area contributed by atoms with E-state index >= 15 is 0 Å². The van der Waals surface area contributed by atoms with Gasteiger partial charge in [0.05, 0.1) is 25.5 Å². The Labute approximate surface area is 104 Å². The molecule has 0 saturated heterocycles. The number of furan rings is 1. The van der Waals surface area contributed by atoms with Crippen LogP contribution in [-0.2, 0) is 5.67 Å². The van der Waals surface area contributed by atoms with Crippen LogP contribution < -0.4 is 5.32 Å². The van der Waals surface area contributed by atoms with Crippen molar-refractivity contribution in [1.82, 2.24) is 5.32 Å². The molecule has 18 heavy (non-hydrogen) atoms. The van der Waals surface area contributed by atoms with Crippen molar-refractivity contribution in [3.05, 3.63) is 36.1 Å². The summed E-state index contributed by atoms with van der Waals surface area (Å²) in [7, 11) is 1.54. The molecule has 0 aliphatic heterocycles. The summed E-state index contributed by atoms with van der Waals surface area (Å²) in [5.41, 5.74) is -1.06. The van der Waals surface area contributed by atoms with E-state index in [1.165, 1.54) is 6.26 Å². The van der Waals surface area contributed by atoms with E-state index in [0.717, 1.165) is 5.39 Å². The fraction of sp³-hybridized carbons (Fsp3) is 0.385. The van der Waals surface area contributed by atoms with Crippen LogP contribution in [0.4, 0.5) is 4.39 Å². The molecule has 0 radical (unpaired) electrons. The van der Waals surface area contributed by atoms with Gasteiger partial charge in [-0.25, -0.2) is 4.39 Å². The molecule has 3 N–H and O–H groups in total. The first-order valence-corrected chi connectivity index (χ1v) is 5.71.